The summed E-state index contributed by atoms with van der Waals surface area (Å²) < 4.78 is 5.40. The second-order valence-electron chi connectivity index (χ2n) is 5.99. The summed E-state index contributed by atoms with van der Waals surface area (Å²) in [5, 5.41) is 2.42. The normalized spacial score (nSPS) is 15.6. The van der Waals surface area contributed by atoms with Gasteiger partial charge in [-0.25, -0.2) is 4.98 Å². The molecule has 3 nitrogen and oxygen atoms in total. The van der Waals surface area contributed by atoms with Crippen LogP contribution in [0.15, 0.2) is 23.2 Å². The van der Waals surface area contributed by atoms with Crippen molar-refractivity contribution in [1.29, 1.82) is 0 Å². The van der Waals surface area contributed by atoms with Gasteiger partial charge in [0, 0.05) is 30.8 Å². The molecule has 0 bridgehead atoms. The van der Waals surface area contributed by atoms with Crippen molar-refractivity contribution in [1.82, 2.24) is 9.88 Å². The molecule has 1 aliphatic rings. The van der Waals surface area contributed by atoms with Gasteiger partial charge in [-0.05, 0) is 43.5 Å². The molecule has 23 heavy (non-hydrogen) atoms. The second-order valence-corrected chi connectivity index (χ2v) is 7.08. The summed E-state index contributed by atoms with van der Waals surface area (Å²) in [6.45, 7) is 11.5. The summed E-state index contributed by atoms with van der Waals surface area (Å²) in [6, 6.07) is 6.63. The number of aromatic nitrogens is 1. The average Bonchev–Trinajstić information content (AvgIpc) is 2.53. The Labute approximate surface area is 149 Å². The largest absolute Gasteiger partial charge is 0.379 e. The zero-order valence-electron chi connectivity index (χ0n) is 14.1. The van der Waals surface area contributed by atoms with E-state index in [1.165, 1.54) is 27.1 Å². The number of fused-ring (bicyclic) bond motifs is 1. The Morgan fingerprint density at radius 2 is 1.87 bits per heavy atom. The lowest BCUT2D eigenvalue weighted by Gasteiger charge is -2.26. The van der Waals surface area contributed by atoms with Gasteiger partial charge in [0.1, 0.15) is 0 Å². The molecule has 0 N–H and O–H groups in total. The quantitative estimate of drug-likeness (QED) is 0.776. The number of aryl methyl sites for hydroxylation is 3. The topological polar surface area (TPSA) is 25.4 Å². The number of ether oxygens (including phenoxy) is 1. The van der Waals surface area contributed by atoms with Crippen molar-refractivity contribution < 1.29 is 4.74 Å². The maximum absolute atomic E-state index is 5.40. The molecule has 0 radical (unpaired) electrons. The molecule has 1 fully saturated rings. The lowest BCUT2D eigenvalue weighted by molar-refractivity contribution is 0.0410. The summed E-state index contributed by atoms with van der Waals surface area (Å²) in [5.74, 6) is 1.09. The van der Waals surface area contributed by atoms with Gasteiger partial charge in [-0.15, -0.1) is 24.2 Å². The Bertz CT molecular complexity index is 672. The van der Waals surface area contributed by atoms with Crippen LogP contribution < -0.4 is 0 Å². The van der Waals surface area contributed by atoms with Crippen LogP contribution in [0.3, 0.4) is 0 Å². The van der Waals surface area contributed by atoms with Gasteiger partial charge in [0.25, 0.3) is 0 Å². The van der Waals surface area contributed by atoms with Gasteiger partial charge in [0.15, 0.2) is 0 Å². The predicted octanol–water partition coefficient (Wildman–Crippen LogP) is 4.01. The first kappa shape index (κ1) is 18.5. The van der Waals surface area contributed by atoms with Crippen molar-refractivity contribution >= 4 is 35.1 Å². The summed E-state index contributed by atoms with van der Waals surface area (Å²) in [7, 11) is 0. The van der Waals surface area contributed by atoms with E-state index in [1.807, 2.05) is 11.8 Å². The number of benzene rings is 1. The van der Waals surface area contributed by atoms with Crippen LogP contribution in [-0.4, -0.2) is 48.5 Å². The number of nitrogens with zero attached hydrogens (tertiary/aromatic N) is 2. The number of thioether (sulfide) groups is 1. The average molecular weight is 353 g/mol. The number of pyridine rings is 1. The fourth-order valence-corrected chi connectivity index (χ4v) is 3.80. The minimum absolute atomic E-state index is 0. The Hall–Kier alpha value is -0.810. The van der Waals surface area contributed by atoms with E-state index in [4.69, 9.17) is 9.72 Å². The minimum Gasteiger partial charge on any atom is -0.379 e. The van der Waals surface area contributed by atoms with Crippen molar-refractivity contribution in [3.63, 3.8) is 0 Å². The van der Waals surface area contributed by atoms with E-state index in [0.717, 1.165) is 44.1 Å². The lowest BCUT2D eigenvalue weighted by Crippen LogP contribution is -2.37. The van der Waals surface area contributed by atoms with E-state index < -0.39 is 0 Å². The highest BCUT2D eigenvalue weighted by molar-refractivity contribution is 7.99. The molecule has 1 aromatic heterocycles. The number of hydrogen-bond acceptors (Lipinski definition) is 4. The van der Waals surface area contributed by atoms with Crippen LogP contribution in [0.2, 0.25) is 0 Å². The maximum atomic E-state index is 5.40. The molecule has 1 saturated heterocycles. The van der Waals surface area contributed by atoms with Gasteiger partial charge in [-0.2, -0.15) is 0 Å². The van der Waals surface area contributed by atoms with E-state index in [9.17, 15) is 0 Å². The Kier molecular flexibility index (Phi) is 6.72. The predicted molar refractivity (Wildman–Crippen MR) is 101 cm³/mol. The number of rotatable bonds is 4. The minimum atomic E-state index is 0. The van der Waals surface area contributed by atoms with E-state index in [1.54, 1.807) is 0 Å². The van der Waals surface area contributed by atoms with Crippen LogP contribution in [0, 0.1) is 20.8 Å². The smallest absolute Gasteiger partial charge is 0.0997 e. The SMILES string of the molecule is Cc1cc2ccc(C)c(C)c2nc1SCCN1CCOCC1.Cl. The van der Waals surface area contributed by atoms with Gasteiger partial charge in [-0.3, -0.25) is 4.90 Å². The lowest BCUT2D eigenvalue weighted by atomic mass is 10.0. The van der Waals surface area contributed by atoms with Crippen LogP contribution in [0.1, 0.15) is 16.7 Å². The van der Waals surface area contributed by atoms with Gasteiger partial charge in [0.2, 0.25) is 0 Å². The van der Waals surface area contributed by atoms with Crippen molar-refractivity contribution in [2.45, 2.75) is 25.8 Å². The fraction of sp³-hybridized carbons (Fsp3) is 0.500. The van der Waals surface area contributed by atoms with Crippen molar-refractivity contribution in [2.75, 3.05) is 38.6 Å². The molecule has 1 aliphatic heterocycles. The number of halogens is 1. The van der Waals surface area contributed by atoms with Crippen molar-refractivity contribution in [3.05, 3.63) is 34.9 Å². The Morgan fingerprint density at radius 3 is 2.61 bits per heavy atom. The van der Waals surface area contributed by atoms with Crippen LogP contribution in [0.4, 0.5) is 0 Å². The summed E-state index contributed by atoms with van der Waals surface area (Å²) in [6.07, 6.45) is 0. The monoisotopic (exact) mass is 352 g/mol. The maximum Gasteiger partial charge on any atom is 0.0997 e. The first-order valence-electron chi connectivity index (χ1n) is 7.95. The molecule has 0 atom stereocenters. The number of morpholine rings is 1. The number of hydrogen-bond donors (Lipinski definition) is 0. The van der Waals surface area contributed by atoms with Crippen molar-refractivity contribution in [3.8, 4) is 0 Å². The van der Waals surface area contributed by atoms with Crippen LogP contribution in [0.25, 0.3) is 10.9 Å². The first-order chi connectivity index (χ1) is 10.6. The molecule has 2 heterocycles. The molecule has 0 aliphatic carbocycles. The summed E-state index contributed by atoms with van der Waals surface area (Å²) >= 11 is 1.88. The molecule has 126 valence electrons. The second kappa shape index (κ2) is 8.34. The molecule has 2 aromatic rings. The standard InChI is InChI=1S/C18H24N2OS.ClH/c1-13-4-5-16-12-14(2)18(19-17(16)15(13)3)22-11-8-20-6-9-21-10-7-20;/h4-5,12H,6-11H2,1-3H3;1H. The Balaban J connectivity index is 0.00000192. The fourth-order valence-electron chi connectivity index (χ4n) is 2.81. The van der Waals surface area contributed by atoms with E-state index >= 15 is 0 Å². The van der Waals surface area contributed by atoms with Gasteiger partial charge >= 0.3 is 0 Å². The van der Waals surface area contributed by atoms with E-state index in [-0.39, 0.29) is 12.4 Å². The van der Waals surface area contributed by atoms with E-state index in [2.05, 4.69) is 43.9 Å². The Morgan fingerprint density at radius 1 is 1.13 bits per heavy atom. The molecule has 0 amide bonds. The van der Waals surface area contributed by atoms with Gasteiger partial charge < -0.3 is 4.74 Å². The van der Waals surface area contributed by atoms with Crippen LogP contribution in [-0.2, 0) is 4.74 Å². The molecule has 0 saturated carbocycles. The third-order valence-electron chi connectivity index (χ3n) is 4.41. The zero-order valence-corrected chi connectivity index (χ0v) is 15.7. The molecular formula is C18H25ClN2OS. The molecule has 3 rings (SSSR count). The highest BCUT2D eigenvalue weighted by atomic mass is 35.5. The van der Waals surface area contributed by atoms with E-state index in [0.29, 0.717) is 0 Å². The molecule has 1 aromatic carbocycles. The first-order valence-corrected chi connectivity index (χ1v) is 8.94. The third-order valence-corrected chi connectivity index (χ3v) is 5.48. The molecule has 0 unspecified atom stereocenters. The molecule has 0 spiro atoms. The van der Waals surface area contributed by atoms with Gasteiger partial charge in [0.05, 0.1) is 23.8 Å². The summed E-state index contributed by atoms with van der Waals surface area (Å²) in [4.78, 5) is 7.41. The zero-order chi connectivity index (χ0) is 15.5. The highest BCUT2D eigenvalue weighted by Gasteiger charge is 2.11. The highest BCUT2D eigenvalue weighted by Crippen LogP contribution is 2.27. The van der Waals surface area contributed by atoms with Gasteiger partial charge in [-0.1, -0.05) is 12.1 Å². The van der Waals surface area contributed by atoms with Crippen LogP contribution in [0.5, 0.6) is 0 Å². The van der Waals surface area contributed by atoms with Crippen LogP contribution >= 0.6 is 24.2 Å². The molecule has 5 heteroatoms. The summed E-state index contributed by atoms with van der Waals surface area (Å²) in [5.41, 5.74) is 5.04. The third kappa shape index (κ3) is 4.38. The molecular weight excluding hydrogens is 328 g/mol. The van der Waals surface area contributed by atoms with Crippen molar-refractivity contribution in [2.24, 2.45) is 0 Å².